The Morgan fingerprint density at radius 3 is 2.71 bits per heavy atom. The Bertz CT molecular complexity index is 552. The Hall–Kier alpha value is -2.18. The maximum absolute atomic E-state index is 12.3. The second-order valence-corrected chi connectivity index (χ2v) is 5.10. The van der Waals surface area contributed by atoms with Crippen LogP contribution >= 0.6 is 0 Å². The Morgan fingerprint density at radius 1 is 1.48 bits per heavy atom. The molecule has 6 heteroatoms. The number of nitrogens with two attached hydrogens (primary N) is 1. The molecule has 112 valence electrons. The molecule has 0 aromatic heterocycles. The molecule has 0 bridgehead atoms. The molecule has 1 aliphatic heterocycles. The number of amides is 2. The van der Waals surface area contributed by atoms with Crippen LogP contribution in [0.3, 0.4) is 0 Å². The van der Waals surface area contributed by atoms with Gasteiger partial charge in [0.2, 0.25) is 11.8 Å². The van der Waals surface area contributed by atoms with Crippen molar-refractivity contribution in [2.75, 3.05) is 0 Å². The topological polar surface area (TPSA) is 92.9 Å². The monoisotopic (exact) mass is 290 g/mol. The number of hydrogen-bond acceptors (Lipinski definition) is 5. The number of nitrogens with zero attached hydrogens (tertiary/aromatic N) is 1. The van der Waals surface area contributed by atoms with Gasteiger partial charge >= 0.3 is 0 Å². The SMILES string of the molecule is C/C(N)=C/C(OO)C1CC(=O)N(Cc2ccccc2)C1=O. The molecule has 21 heavy (non-hydrogen) atoms. The molecule has 0 spiro atoms. The van der Waals surface area contributed by atoms with Gasteiger partial charge in [0.15, 0.2) is 0 Å². The number of carbonyl (C=O) groups excluding carboxylic acids is 2. The molecule has 0 saturated carbocycles. The van der Waals surface area contributed by atoms with E-state index in [1.54, 1.807) is 6.92 Å². The van der Waals surface area contributed by atoms with Gasteiger partial charge in [0.05, 0.1) is 12.5 Å². The van der Waals surface area contributed by atoms with Crippen molar-refractivity contribution in [3.63, 3.8) is 0 Å². The van der Waals surface area contributed by atoms with Crippen LogP contribution in [-0.4, -0.2) is 28.1 Å². The van der Waals surface area contributed by atoms with Crippen molar-refractivity contribution >= 4 is 11.8 Å². The van der Waals surface area contributed by atoms with Gasteiger partial charge in [0.1, 0.15) is 6.10 Å². The van der Waals surface area contributed by atoms with Crippen LogP contribution < -0.4 is 5.73 Å². The van der Waals surface area contributed by atoms with E-state index in [-0.39, 0.29) is 24.8 Å². The highest BCUT2D eigenvalue weighted by molar-refractivity contribution is 6.03. The van der Waals surface area contributed by atoms with E-state index in [9.17, 15) is 9.59 Å². The van der Waals surface area contributed by atoms with Crippen LogP contribution in [0.5, 0.6) is 0 Å². The van der Waals surface area contributed by atoms with E-state index in [2.05, 4.69) is 4.89 Å². The third kappa shape index (κ3) is 3.48. The lowest BCUT2D eigenvalue weighted by Crippen LogP contribution is -2.33. The summed E-state index contributed by atoms with van der Waals surface area (Å²) in [5.74, 6) is -1.39. The summed E-state index contributed by atoms with van der Waals surface area (Å²) in [6.45, 7) is 1.84. The first-order valence-corrected chi connectivity index (χ1v) is 6.65. The quantitative estimate of drug-likeness (QED) is 0.484. The van der Waals surface area contributed by atoms with Crippen molar-refractivity contribution < 1.29 is 19.7 Å². The van der Waals surface area contributed by atoms with Crippen molar-refractivity contribution in [2.45, 2.75) is 26.0 Å². The second-order valence-electron chi connectivity index (χ2n) is 5.10. The standard InChI is InChI=1S/C15H18N2O4/c1-10(16)7-13(21-20)12-8-14(18)17(15(12)19)9-11-5-3-2-4-6-11/h2-7,12-13,20H,8-9,16H2,1H3/b10-7-. The lowest BCUT2D eigenvalue weighted by Gasteiger charge is -2.17. The molecule has 1 heterocycles. The molecule has 0 radical (unpaired) electrons. The molecule has 2 atom stereocenters. The zero-order valence-corrected chi connectivity index (χ0v) is 11.7. The molecule has 1 aromatic carbocycles. The highest BCUT2D eigenvalue weighted by Gasteiger charge is 2.43. The van der Waals surface area contributed by atoms with Gasteiger partial charge in [-0.3, -0.25) is 19.7 Å². The Kier molecular flexibility index (Phi) is 4.72. The first-order valence-electron chi connectivity index (χ1n) is 6.65. The number of allylic oxidation sites excluding steroid dienone is 1. The van der Waals surface area contributed by atoms with Crippen LogP contribution in [-0.2, 0) is 21.0 Å². The number of carbonyl (C=O) groups is 2. The minimum absolute atomic E-state index is 0.000668. The minimum Gasteiger partial charge on any atom is -0.402 e. The van der Waals surface area contributed by atoms with E-state index < -0.39 is 12.0 Å². The first-order chi connectivity index (χ1) is 10.0. The highest BCUT2D eigenvalue weighted by atomic mass is 17.1. The Balaban J connectivity index is 2.14. The van der Waals surface area contributed by atoms with Crippen LogP contribution in [0.4, 0.5) is 0 Å². The normalized spacial score (nSPS) is 21.0. The zero-order valence-electron chi connectivity index (χ0n) is 11.7. The molecule has 2 unspecified atom stereocenters. The molecule has 1 fully saturated rings. The maximum atomic E-state index is 12.3. The molecular weight excluding hydrogens is 272 g/mol. The second kappa shape index (κ2) is 6.51. The summed E-state index contributed by atoms with van der Waals surface area (Å²) in [5.41, 5.74) is 6.82. The average Bonchev–Trinajstić information content (AvgIpc) is 2.74. The number of rotatable bonds is 5. The van der Waals surface area contributed by atoms with Crippen LogP contribution in [0, 0.1) is 5.92 Å². The van der Waals surface area contributed by atoms with Gasteiger partial charge in [-0.1, -0.05) is 30.3 Å². The number of likely N-dealkylation sites (tertiary alicyclic amines) is 1. The lowest BCUT2D eigenvalue weighted by molar-refractivity contribution is -0.274. The van der Waals surface area contributed by atoms with Gasteiger partial charge in [-0.15, -0.1) is 0 Å². The zero-order chi connectivity index (χ0) is 15.4. The largest absolute Gasteiger partial charge is 0.402 e. The maximum Gasteiger partial charge on any atom is 0.236 e. The number of benzene rings is 1. The molecule has 6 nitrogen and oxygen atoms in total. The molecule has 2 rings (SSSR count). The highest BCUT2D eigenvalue weighted by Crippen LogP contribution is 2.26. The smallest absolute Gasteiger partial charge is 0.236 e. The van der Waals surface area contributed by atoms with Crippen molar-refractivity contribution in [1.82, 2.24) is 4.90 Å². The fourth-order valence-electron chi connectivity index (χ4n) is 2.38. The van der Waals surface area contributed by atoms with E-state index in [1.807, 2.05) is 30.3 Å². The Morgan fingerprint density at radius 2 is 2.14 bits per heavy atom. The molecule has 1 aliphatic rings. The van der Waals surface area contributed by atoms with Crippen LogP contribution in [0.2, 0.25) is 0 Å². The number of hydrogen-bond donors (Lipinski definition) is 2. The van der Waals surface area contributed by atoms with E-state index >= 15 is 0 Å². The van der Waals surface area contributed by atoms with Gasteiger partial charge < -0.3 is 5.73 Å². The predicted molar refractivity (Wildman–Crippen MR) is 75.6 cm³/mol. The summed E-state index contributed by atoms with van der Waals surface area (Å²) >= 11 is 0. The van der Waals surface area contributed by atoms with E-state index in [1.165, 1.54) is 11.0 Å². The lowest BCUT2D eigenvalue weighted by atomic mass is 10.00. The molecule has 3 N–H and O–H groups in total. The summed E-state index contributed by atoms with van der Waals surface area (Å²) in [6, 6.07) is 9.25. The summed E-state index contributed by atoms with van der Waals surface area (Å²) in [6.07, 6.45) is 0.523. The minimum atomic E-state index is -0.910. The molecule has 2 amide bonds. The predicted octanol–water partition coefficient (Wildman–Crippen LogP) is 1.28. The summed E-state index contributed by atoms with van der Waals surface area (Å²) < 4.78 is 0. The van der Waals surface area contributed by atoms with Gasteiger partial charge in [-0.05, 0) is 18.6 Å². The molecular formula is C15H18N2O4. The van der Waals surface area contributed by atoms with Crippen LogP contribution in [0.25, 0.3) is 0 Å². The summed E-state index contributed by atoms with van der Waals surface area (Å²) in [7, 11) is 0. The summed E-state index contributed by atoms with van der Waals surface area (Å²) in [4.78, 5) is 29.9. The first kappa shape index (κ1) is 15.2. The average molecular weight is 290 g/mol. The third-order valence-corrected chi connectivity index (χ3v) is 3.41. The summed E-state index contributed by atoms with van der Waals surface area (Å²) in [5, 5.41) is 8.93. The van der Waals surface area contributed by atoms with Crippen LogP contribution in [0.1, 0.15) is 18.9 Å². The van der Waals surface area contributed by atoms with Gasteiger partial charge in [-0.2, -0.15) is 0 Å². The fraction of sp³-hybridized carbons (Fsp3) is 0.333. The van der Waals surface area contributed by atoms with Gasteiger partial charge in [-0.25, -0.2) is 4.89 Å². The molecule has 0 aliphatic carbocycles. The Labute approximate surface area is 122 Å². The van der Waals surface area contributed by atoms with Gasteiger partial charge in [0, 0.05) is 12.1 Å². The van der Waals surface area contributed by atoms with Crippen molar-refractivity contribution in [3.8, 4) is 0 Å². The van der Waals surface area contributed by atoms with Crippen LogP contribution in [0.15, 0.2) is 42.1 Å². The number of imide groups is 1. The molecule has 1 saturated heterocycles. The van der Waals surface area contributed by atoms with E-state index in [4.69, 9.17) is 11.0 Å². The van der Waals surface area contributed by atoms with Gasteiger partial charge in [0.25, 0.3) is 0 Å². The van der Waals surface area contributed by atoms with Crippen molar-refractivity contribution in [3.05, 3.63) is 47.7 Å². The van der Waals surface area contributed by atoms with Crippen molar-refractivity contribution in [1.29, 1.82) is 0 Å². The third-order valence-electron chi connectivity index (χ3n) is 3.41. The fourth-order valence-corrected chi connectivity index (χ4v) is 2.38. The van der Waals surface area contributed by atoms with E-state index in [0.717, 1.165) is 5.56 Å². The molecule has 1 aromatic rings. The van der Waals surface area contributed by atoms with Crippen molar-refractivity contribution in [2.24, 2.45) is 11.7 Å². The van der Waals surface area contributed by atoms with E-state index in [0.29, 0.717) is 5.70 Å².